The third-order valence-electron chi connectivity index (χ3n) is 3.37. The van der Waals surface area contributed by atoms with Crippen LogP contribution in [0.3, 0.4) is 0 Å². The largest absolute Gasteiger partial charge is 0.480 e. The predicted molar refractivity (Wildman–Crippen MR) is 99.0 cm³/mol. The quantitative estimate of drug-likeness (QED) is 0.656. The van der Waals surface area contributed by atoms with Crippen molar-refractivity contribution < 1.29 is 9.53 Å². The lowest BCUT2D eigenvalue weighted by molar-refractivity contribution is -0.127. The lowest BCUT2D eigenvalue weighted by Gasteiger charge is -2.16. The number of halogens is 2. The fourth-order valence-corrected chi connectivity index (χ4v) is 3.18. The number of H-pyrrole nitrogens is 1. The van der Waals surface area contributed by atoms with Gasteiger partial charge in [-0.15, -0.1) is 0 Å². The smallest absolute Gasteiger partial charge is 0.260 e. The molecule has 9 heteroatoms. The van der Waals surface area contributed by atoms with E-state index in [1.54, 1.807) is 25.1 Å². The van der Waals surface area contributed by atoms with Crippen LogP contribution >= 0.6 is 39.7 Å². The highest BCUT2D eigenvalue weighted by molar-refractivity contribution is 9.10. The summed E-state index contributed by atoms with van der Waals surface area (Å²) in [5.41, 5.74) is 0. The molecule has 2 rings (SSSR count). The van der Waals surface area contributed by atoms with Crippen molar-refractivity contribution in [3.05, 3.63) is 38.3 Å². The molecular weight excluding hydrogens is 416 g/mol. The molecule has 1 aromatic heterocycles. The summed E-state index contributed by atoms with van der Waals surface area (Å²) in [5.74, 6) is 1.18. The molecule has 0 aliphatic rings. The van der Waals surface area contributed by atoms with Crippen molar-refractivity contribution >= 4 is 45.7 Å². The topological polar surface area (TPSA) is 71.9 Å². The summed E-state index contributed by atoms with van der Waals surface area (Å²) in [4.78, 5) is 12.1. The molecule has 0 radical (unpaired) electrons. The first kappa shape index (κ1) is 19.0. The number of aromatic nitrogens is 3. The lowest BCUT2D eigenvalue weighted by atomic mass is 10.3. The van der Waals surface area contributed by atoms with E-state index >= 15 is 0 Å². The predicted octanol–water partition coefficient (Wildman–Crippen LogP) is 3.50. The molecule has 24 heavy (non-hydrogen) atoms. The maximum Gasteiger partial charge on any atom is 0.260 e. The van der Waals surface area contributed by atoms with Crippen LogP contribution in [-0.4, -0.2) is 33.3 Å². The first-order valence-electron chi connectivity index (χ1n) is 7.45. The van der Waals surface area contributed by atoms with Crippen molar-refractivity contribution in [2.75, 3.05) is 6.54 Å². The highest BCUT2D eigenvalue weighted by Gasteiger charge is 2.16. The number of carbonyl (C=O) groups is 1. The molecule has 1 aromatic carbocycles. The second kappa shape index (κ2) is 8.64. The maximum atomic E-state index is 12.1. The van der Waals surface area contributed by atoms with Crippen LogP contribution in [-0.2, 0) is 17.8 Å². The first-order valence-corrected chi connectivity index (χ1v) is 9.03. The van der Waals surface area contributed by atoms with Crippen LogP contribution < -0.4 is 10.1 Å². The average molecular weight is 434 g/mol. The third-order valence-corrected chi connectivity index (χ3v) is 4.53. The summed E-state index contributed by atoms with van der Waals surface area (Å²) in [6.07, 6.45) is -0.0427. The summed E-state index contributed by atoms with van der Waals surface area (Å²) in [5, 5.41) is 10.3. The number of hydrogen-bond donors (Lipinski definition) is 2. The number of nitrogens with zero attached hydrogens (tertiary/aromatic N) is 2. The van der Waals surface area contributed by atoms with E-state index in [2.05, 4.69) is 31.4 Å². The van der Waals surface area contributed by atoms with Crippen molar-refractivity contribution in [1.29, 1.82) is 0 Å². The van der Waals surface area contributed by atoms with Crippen molar-refractivity contribution in [3.63, 3.8) is 0 Å². The second-order valence-corrected chi connectivity index (χ2v) is 6.74. The van der Waals surface area contributed by atoms with Gasteiger partial charge in [0.2, 0.25) is 0 Å². The standard InChI is InChI=1S/C15H18BrClN4O2S/c1-3-21-13(19-20-15(21)24)6-7-18-14(22)9(2)23-12-5-4-10(17)8-11(12)16/h4-5,8-9H,3,6-7H2,1-2H3,(H,18,22)(H,20,24). The second-order valence-electron chi connectivity index (χ2n) is 5.07. The van der Waals surface area contributed by atoms with Crippen molar-refractivity contribution in [2.45, 2.75) is 32.9 Å². The van der Waals surface area contributed by atoms with Gasteiger partial charge in [-0.2, -0.15) is 5.10 Å². The van der Waals surface area contributed by atoms with Gasteiger partial charge in [0, 0.05) is 24.5 Å². The molecule has 0 aliphatic carbocycles. The molecule has 2 N–H and O–H groups in total. The third kappa shape index (κ3) is 4.81. The molecule has 0 spiro atoms. The van der Waals surface area contributed by atoms with Gasteiger partial charge in [0.25, 0.3) is 5.91 Å². The molecule has 2 aromatic rings. The SMILES string of the molecule is CCn1c(CCNC(=O)C(C)Oc2ccc(Cl)cc2Br)n[nH]c1=S. The molecule has 0 saturated heterocycles. The van der Waals surface area contributed by atoms with Gasteiger partial charge in [-0.25, -0.2) is 0 Å². The number of nitrogens with one attached hydrogen (secondary N) is 2. The molecule has 0 fully saturated rings. The number of amides is 1. The molecule has 0 bridgehead atoms. The zero-order valence-corrected chi connectivity index (χ0v) is 16.5. The number of ether oxygens (including phenoxy) is 1. The van der Waals surface area contributed by atoms with Crippen LogP contribution in [0.4, 0.5) is 0 Å². The van der Waals surface area contributed by atoms with Gasteiger partial charge >= 0.3 is 0 Å². The summed E-state index contributed by atoms with van der Waals surface area (Å²) in [6.45, 7) is 4.88. The number of rotatable bonds is 7. The molecule has 1 amide bonds. The molecule has 0 aliphatic heterocycles. The Morgan fingerprint density at radius 2 is 2.33 bits per heavy atom. The number of hydrogen-bond acceptors (Lipinski definition) is 4. The van der Waals surface area contributed by atoms with Gasteiger partial charge in [-0.05, 0) is 60.2 Å². The highest BCUT2D eigenvalue weighted by atomic mass is 79.9. The summed E-state index contributed by atoms with van der Waals surface area (Å²) in [6, 6.07) is 5.14. The number of benzene rings is 1. The summed E-state index contributed by atoms with van der Waals surface area (Å²) < 4.78 is 8.84. The zero-order valence-electron chi connectivity index (χ0n) is 13.3. The van der Waals surface area contributed by atoms with Crippen LogP contribution in [0, 0.1) is 4.77 Å². The van der Waals surface area contributed by atoms with E-state index in [0.29, 0.717) is 33.0 Å². The number of carbonyl (C=O) groups excluding carboxylic acids is 1. The molecule has 6 nitrogen and oxygen atoms in total. The highest BCUT2D eigenvalue weighted by Crippen LogP contribution is 2.28. The van der Waals surface area contributed by atoms with E-state index < -0.39 is 6.10 Å². The van der Waals surface area contributed by atoms with Crippen molar-refractivity contribution in [1.82, 2.24) is 20.1 Å². The van der Waals surface area contributed by atoms with Crippen LogP contribution in [0.2, 0.25) is 5.02 Å². The molecule has 130 valence electrons. The Morgan fingerprint density at radius 1 is 1.58 bits per heavy atom. The normalized spacial score (nSPS) is 12.0. The zero-order chi connectivity index (χ0) is 17.7. The minimum Gasteiger partial charge on any atom is -0.480 e. The van der Waals surface area contributed by atoms with Crippen molar-refractivity contribution in [3.8, 4) is 5.75 Å². The van der Waals surface area contributed by atoms with Gasteiger partial charge < -0.3 is 14.6 Å². The van der Waals surface area contributed by atoms with Gasteiger partial charge in [0.1, 0.15) is 11.6 Å². The number of aromatic amines is 1. The van der Waals surface area contributed by atoms with E-state index in [4.69, 9.17) is 28.6 Å². The van der Waals surface area contributed by atoms with E-state index in [1.807, 2.05) is 11.5 Å². The Labute approximate surface area is 158 Å². The lowest BCUT2D eigenvalue weighted by Crippen LogP contribution is -2.37. The van der Waals surface area contributed by atoms with Crippen LogP contribution in [0.5, 0.6) is 5.75 Å². The summed E-state index contributed by atoms with van der Waals surface area (Å²) >= 11 is 14.4. The molecule has 1 atom stereocenters. The van der Waals surface area contributed by atoms with E-state index in [0.717, 1.165) is 12.4 Å². The average Bonchev–Trinajstić information content (AvgIpc) is 2.89. The van der Waals surface area contributed by atoms with Gasteiger partial charge in [-0.1, -0.05) is 11.6 Å². The molecular formula is C15H18BrClN4O2S. The van der Waals surface area contributed by atoms with Gasteiger partial charge in [0.05, 0.1) is 4.47 Å². The van der Waals surface area contributed by atoms with Crippen LogP contribution in [0.1, 0.15) is 19.7 Å². The first-order chi connectivity index (χ1) is 11.4. The Kier molecular flexibility index (Phi) is 6.82. The fraction of sp³-hybridized carbons (Fsp3) is 0.400. The fourth-order valence-electron chi connectivity index (χ4n) is 2.12. The van der Waals surface area contributed by atoms with Crippen molar-refractivity contribution in [2.24, 2.45) is 0 Å². The van der Waals surface area contributed by atoms with E-state index in [9.17, 15) is 4.79 Å². The van der Waals surface area contributed by atoms with E-state index in [-0.39, 0.29) is 5.91 Å². The maximum absolute atomic E-state index is 12.1. The molecule has 0 saturated carbocycles. The Bertz CT molecular complexity index is 777. The Morgan fingerprint density at radius 3 is 3.00 bits per heavy atom. The monoisotopic (exact) mass is 432 g/mol. The minimum absolute atomic E-state index is 0.200. The minimum atomic E-state index is -0.630. The van der Waals surface area contributed by atoms with Gasteiger partial charge in [-0.3, -0.25) is 9.89 Å². The summed E-state index contributed by atoms with van der Waals surface area (Å²) in [7, 11) is 0. The molecule has 1 heterocycles. The Hall–Kier alpha value is -1.38. The molecule has 1 unspecified atom stereocenters. The Balaban J connectivity index is 1.86. The van der Waals surface area contributed by atoms with Crippen LogP contribution in [0.15, 0.2) is 22.7 Å². The van der Waals surface area contributed by atoms with Gasteiger partial charge in [0.15, 0.2) is 10.9 Å². The van der Waals surface area contributed by atoms with E-state index in [1.165, 1.54) is 0 Å². The van der Waals surface area contributed by atoms with Crippen LogP contribution in [0.25, 0.3) is 0 Å².